The summed E-state index contributed by atoms with van der Waals surface area (Å²) >= 11 is 0. The van der Waals surface area contributed by atoms with Crippen molar-refractivity contribution < 1.29 is 18.7 Å². The molecule has 2 heterocycles. The van der Waals surface area contributed by atoms with Gasteiger partial charge in [0.05, 0.1) is 20.3 Å². The number of morpholine rings is 1. The summed E-state index contributed by atoms with van der Waals surface area (Å²) in [6, 6.07) is 3.77. The number of ether oxygens (including phenoxy) is 2. The first-order valence-electron chi connectivity index (χ1n) is 10.2. The average molecular weight is 402 g/mol. The molecule has 7 nitrogen and oxygen atoms in total. The van der Waals surface area contributed by atoms with Gasteiger partial charge in [0.25, 0.3) is 0 Å². The van der Waals surface area contributed by atoms with Gasteiger partial charge < -0.3 is 19.2 Å². The molecule has 1 fully saturated rings. The molecule has 0 bridgehead atoms. The molecular formula is C22H30N2O5. The maximum Gasteiger partial charge on any atom is 0.339 e. The molecule has 158 valence electrons. The number of nitrogens with zero attached hydrogens (tertiary/aromatic N) is 1. The first-order valence-corrected chi connectivity index (χ1v) is 10.2. The maximum atomic E-state index is 12.5. The van der Waals surface area contributed by atoms with Crippen molar-refractivity contribution in [1.82, 2.24) is 10.2 Å². The summed E-state index contributed by atoms with van der Waals surface area (Å²) in [4.78, 5) is 27.0. The second-order valence-corrected chi connectivity index (χ2v) is 7.42. The number of amides is 1. The number of aryl methyl sites for hydroxylation is 2. The minimum absolute atomic E-state index is 0.0446. The highest BCUT2D eigenvalue weighted by Gasteiger charge is 2.16. The van der Waals surface area contributed by atoms with Crippen molar-refractivity contribution in [2.45, 2.75) is 33.1 Å². The van der Waals surface area contributed by atoms with E-state index in [2.05, 4.69) is 10.2 Å². The van der Waals surface area contributed by atoms with E-state index in [-0.39, 0.29) is 18.0 Å². The van der Waals surface area contributed by atoms with E-state index >= 15 is 0 Å². The standard InChI is InChI=1S/C22H30N2O5/c1-15-17-5-7-19(27-3)16(2)21(17)29-22(26)18(15)6-8-20(25)23-9-4-10-24-11-13-28-14-12-24/h5,7H,4,6,8-14H2,1-3H3,(H,23,25). The zero-order valence-electron chi connectivity index (χ0n) is 17.5. The number of carbonyl (C=O) groups is 1. The van der Waals surface area contributed by atoms with Crippen LogP contribution in [-0.2, 0) is 16.0 Å². The molecule has 0 aliphatic carbocycles. The van der Waals surface area contributed by atoms with Gasteiger partial charge in [-0.3, -0.25) is 9.69 Å². The second kappa shape index (κ2) is 9.89. The molecule has 1 aliphatic heterocycles. The maximum absolute atomic E-state index is 12.5. The molecule has 1 aliphatic rings. The fourth-order valence-corrected chi connectivity index (χ4v) is 3.76. The molecule has 29 heavy (non-hydrogen) atoms. The number of fused-ring (bicyclic) bond motifs is 1. The van der Waals surface area contributed by atoms with Gasteiger partial charge in [0.15, 0.2) is 0 Å². The van der Waals surface area contributed by atoms with Crippen LogP contribution in [0.4, 0.5) is 0 Å². The monoisotopic (exact) mass is 402 g/mol. The Balaban J connectivity index is 1.55. The van der Waals surface area contributed by atoms with Crippen molar-refractivity contribution in [2.24, 2.45) is 0 Å². The molecule has 1 saturated heterocycles. The molecule has 0 saturated carbocycles. The van der Waals surface area contributed by atoms with Crippen molar-refractivity contribution in [3.8, 4) is 5.75 Å². The number of hydrogen-bond donors (Lipinski definition) is 1. The van der Waals surface area contributed by atoms with Crippen LogP contribution in [0.15, 0.2) is 21.3 Å². The van der Waals surface area contributed by atoms with E-state index in [1.807, 2.05) is 26.0 Å². The molecule has 0 radical (unpaired) electrons. The fraction of sp³-hybridized carbons (Fsp3) is 0.545. The van der Waals surface area contributed by atoms with E-state index in [0.717, 1.165) is 55.8 Å². The van der Waals surface area contributed by atoms with E-state index in [1.54, 1.807) is 7.11 Å². The largest absolute Gasteiger partial charge is 0.496 e. The number of hydrogen-bond acceptors (Lipinski definition) is 6. The SMILES string of the molecule is COc1ccc2c(C)c(CCC(=O)NCCCN3CCOCC3)c(=O)oc2c1C. The molecule has 2 aromatic rings. The Morgan fingerprint density at radius 1 is 1.21 bits per heavy atom. The summed E-state index contributed by atoms with van der Waals surface area (Å²) in [7, 11) is 1.59. The highest BCUT2D eigenvalue weighted by atomic mass is 16.5. The summed E-state index contributed by atoms with van der Waals surface area (Å²) in [5.74, 6) is 0.640. The first-order chi connectivity index (χ1) is 14.0. The lowest BCUT2D eigenvalue weighted by Gasteiger charge is -2.26. The zero-order valence-corrected chi connectivity index (χ0v) is 17.5. The Hall–Kier alpha value is -2.38. The number of nitrogens with one attached hydrogen (secondary N) is 1. The molecule has 1 aromatic heterocycles. The topological polar surface area (TPSA) is 81.0 Å². The second-order valence-electron chi connectivity index (χ2n) is 7.42. The molecule has 1 N–H and O–H groups in total. The van der Waals surface area contributed by atoms with Crippen molar-refractivity contribution in [3.05, 3.63) is 39.2 Å². The van der Waals surface area contributed by atoms with Crippen LogP contribution < -0.4 is 15.7 Å². The molecular weight excluding hydrogens is 372 g/mol. The molecule has 3 rings (SSSR count). The third kappa shape index (κ3) is 5.16. The van der Waals surface area contributed by atoms with Crippen molar-refractivity contribution in [2.75, 3.05) is 46.5 Å². The Kier molecular flexibility index (Phi) is 7.28. The summed E-state index contributed by atoms with van der Waals surface area (Å²) in [6.45, 7) is 8.85. The van der Waals surface area contributed by atoms with Crippen LogP contribution in [0.1, 0.15) is 29.5 Å². The highest BCUT2D eigenvalue weighted by Crippen LogP contribution is 2.29. The smallest absolute Gasteiger partial charge is 0.339 e. The van der Waals surface area contributed by atoms with Gasteiger partial charge in [-0.25, -0.2) is 4.79 Å². The average Bonchev–Trinajstić information content (AvgIpc) is 2.72. The minimum Gasteiger partial charge on any atom is -0.496 e. The molecule has 0 atom stereocenters. The molecule has 7 heteroatoms. The van der Waals surface area contributed by atoms with Gasteiger partial charge in [-0.05, 0) is 50.9 Å². The number of benzene rings is 1. The van der Waals surface area contributed by atoms with Crippen LogP contribution in [0.2, 0.25) is 0 Å². The van der Waals surface area contributed by atoms with Crippen molar-refractivity contribution >= 4 is 16.9 Å². The van der Waals surface area contributed by atoms with Gasteiger partial charge in [-0.1, -0.05) is 0 Å². The van der Waals surface area contributed by atoms with Crippen molar-refractivity contribution in [1.29, 1.82) is 0 Å². The Bertz CT molecular complexity index is 916. The summed E-state index contributed by atoms with van der Waals surface area (Å²) < 4.78 is 16.2. The fourth-order valence-electron chi connectivity index (χ4n) is 3.76. The molecule has 1 aromatic carbocycles. The van der Waals surface area contributed by atoms with E-state index in [4.69, 9.17) is 13.9 Å². The molecule has 0 unspecified atom stereocenters. The highest BCUT2D eigenvalue weighted by molar-refractivity contribution is 5.85. The van der Waals surface area contributed by atoms with Gasteiger partial charge in [0.2, 0.25) is 5.91 Å². The van der Waals surface area contributed by atoms with Crippen molar-refractivity contribution in [3.63, 3.8) is 0 Å². The van der Waals surface area contributed by atoms with Gasteiger partial charge in [-0.2, -0.15) is 0 Å². The Labute approximate surface area is 171 Å². The lowest BCUT2D eigenvalue weighted by molar-refractivity contribution is -0.121. The van der Waals surface area contributed by atoms with Gasteiger partial charge in [-0.15, -0.1) is 0 Å². The van der Waals surface area contributed by atoms with Crippen LogP contribution in [0.5, 0.6) is 5.75 Å². The Morgan fingerprint density at radius 2 is 1.97 bits per heavy atom. The normalized spacial score (nSPS) is 14.9. The minimum atomic E-state index is -0.383. The third-order valence-electron chi connectivity index (χ3n) is 5.55. The van der Waals surface area contributed by atoms with E-state index in [0.29, 0.717) is 29.9 Å². The molecule has 1 amide bonds. The number of rotatable bonds is 8. The van der Waals surface area contributed by atoms with Crippen LogP contribution in [-0.4, -0.2) is 57.3 Å². The first kappa shape index (κ1) is 21.3. The van der Waals surface area contributed by atoms with Crippen LogP contribution in [0.25, 0.3) is 11.0 Å². The summed E-state index contributed by atoms with van der Waals surface area (Å²) in [5, 5.41) is 3.83. The van der Waals surface area contributed by atoms with Gasteiger partial charge in [0, 0.05) is 42.6 Å². The summed E-state index contributed by atoms with van der Waals surface area (Å²) in [6.07, 6.45) is 1.54. The lowest BCUT2D eigenvalue weighted by atomic mass is 10.0. The predicted molar refractivity (Wildman–Crippen MR) is 112 cm³/mol. The van der Waals surface area contributed by atoms with E-state index in [9.17, 15) is 9.59 Å². The lowest BCUT2D eigenvalue weighted by Crippen LogP contribution is -2.38. The van der Waals surface area contributed by atoms with Crippen LogP contribution in [0.3, 0.4) is 0 Å². The van der Waals surface area contributed by atoms with Crippen LogP contribution >= 0.6 is 0 Å². The predicted octanol–water partition coefficient (Wildman–Crippen LogP) is 2.19. The zero-order chi connectivity index (χ0) is 20.8. The van der Waals surface area contributed by atoms with Gasteiger partial charge in [0.1, 0.15) is 11.3 Å². The van der Waals surface area contributed by atoms with Gasteiger partial charge >= 0.3 is 5.63 Å². The van der Waals surface area contributed by atoms with Crippen LogP contribution in [0, 0.1) is 13.8 Å². The molecule has 0 spiro atoms. The number of methoxy groups -OCH3 is 1. The Morgan fingerprint density at radius 3 is 2.69 bits per heavy atom. The van der Waals surface area contributed by atoms with E-state index < -0.39 is 0 Å². The summed E-state index contributed by atoms with van der Waals surface area (Å²) in [5.41, 5.74) is 2.39. The third-order valence-corrected chi connectivity index (χ3v) is 5.55. The number of carbonyl (C=O) groups excluding carboxylic acids is 1. The van der Waals surface area contributed by atoms with E-state index in [1.165, 1.54) is 0 Å². The quantitative estimate of drug-likeness (QED) is 0.539.